The van der Waals surface area contributed by atoms with E-state index < -0.39 is 12.1 Å². The fourth-order valence-electron chi connectivity index (χ4n) is 4.84. The Morgan fingerprint density at radius 1 is 1.26 bits per heavy atom. The van der Waals surface area contributed by atoms with E-state index in [-0.39, 0.29) is 49.1 Å². The zero-order chi connectivity index (χ0) is 24.4. The lowest BCUT2D eigenvalue weighted by Gasteiger charge is -2.36. The molecule has 0 N–H and O–H groups in total. The van der Waals surface area contributed by atoms with Crippen LogP contribution in [0.25, 0.3) is 5.69 Å². The lowest BCUT2D eigenvalue weighted by atomic mass is 9.86. The van der Waals surface area contributed by atoms with E-state index in [9.17, 15) is 22.8 Å². The molecule has 0 saturated heterocycles. The molecule has 11 heteroatoms. The number of aryl methyl sites for hydroxylation is 2. The standard InChI is InChI=1S/C23H22ClF3N4O2S/c1-12-8-29(11-28-12)17-4-5-18-22(33)30(13(2)9-31(18)21(17)32)10-16-15-7-14(23(25,26)27)3-6-19(15)34-20(16)24/h4-5,8,11,13-14H,3,6-7,9-10H2,1-2H3. The van der Waals surface area contributed by atoms with Gasteiger partial charge in [-0.25, -0.2) is 4.98 Å². The number of fused-ring (bicyclic) bond motifs is 2. The van der Waals surface area contributed by atoms with Crippen LogP contribution >= 0.6 is 22.9 Å². The van der Waals surface area contributed by atoms with Gasteiger partial charge in [0.2, 0.25) is 0 Å². The molecule has 3 aromatic heterocycles. The molecule has 0 saturated carbocycles. The van der Waals surface area contributed by atoms with Crippen LogP contribution in [0.15, 0.2) is 29.5 Å². The first-order valence-electron chi connectivity index (χ1n) is 11.0. The maximum Gasteiger partial charge on any atom is 0.392 e. The van der Waals surface area contributed by atoms with Crippen molar-refractivity contribution in [2.45, 2.75) is 58.4 Å². The highest BCUT2D eigenvalue weighted by Gasteiger charge is 2.43. The van der Waals surface area contributed by atoms with Gasteiger partial charge in [-0.1, -0.05) is 11.6 Å². The van der Waals surface area contributed by atoms with Crippen molar-refractivity contribution in [2.24, 2.45) is 5.92 Å². The summed E-state index contributed by atoms with van der Waals surface area (Å²) in [6, 6.07) is 2.86. The Kier molecular flexibility index (Phi) is 5.63. The van der Waals surface area contributed by atoms with Gasteiger partial charge in [-0.2, -0.15) is 13.2 Å². The number of nitrogens with zero attached hydrogens (tertiary/aromatic N) is 4. The van der Waals surface area contributed by atoms with Crippen LogP contribution in [0, 0.1) is 12.8 Å². The molecule has 2 aliphatic rings. The molecule has 0 radical (unpaired) electrons. The molecule has 3 aromatic rings. The van der Waals surface area contributed by atoms with Crippen LogP contribution in [0.3, 0.4) is 0 Å². The van der Waals surface area contributed by atoms with Crippen LogP contribution < -0.4 is 5.56 Å². The van der Waals surface area contributed by atoms with E-state index in [0.29, 0.717) is 27.6 Å². The van der Waals surface area contributed by atoms with E-state index in [1.54, 1.807) is 34.1 Å². The first-order chi connectivity index (χ1) is 16.0. The molecule has 5 rings (SSSR count). The smallest absolute Gasteiger partial charge is 0.328 e. The van der Waals surface area contributed by atoms with Crippen LogP contribution in [0.2, 0.25) is 4.34 Å². The summed E-state index contributed by atoms with van der Waals surface area (Å²) in [7, 11) is 0. The second kappa shape index (κ2) is 8.27. The number of pyridine rings is 1. The Morgan fingerprint density at radius 2 is 2.03 bits per heavy atom. The number of imidazole rings is 1. The highest BCUT2D eigenvalue weighted by Crippen LogP contribution is 2.44. The van der Waals surface area contributed by atoms with Crippen molar-refractivity contribution in [3.63, 3.8) is 0 Å². The van der Waals surface area contributed by atoms with E-state index in [1.165, 1.54) is 15.9 Å². The predicted octanol–water partition coefficient (Wildman–Crippen LogP) is 4.77. The summed E-state index contributed by atoms with van der Waals surface area (Å²) in [5, 5.41) is 0. The van der Waals surface area contributed by atoms with E-state index >= 15 is 0 Å². The second-order valence-corrected chi connectivity index (χ2v) is 10.7. The van der Waals surface area contributed by atoms with Gasteiger partial charge in [-0.05, 0) is 50.8 Å². The van der Waals surface area contributed by atoms with Crippen molar-refractivity contribution in [1.82, 2.24) is 19.0 Å². The molecular weight excluding hydrogens is 489 g/mol. The van der Waals surface area contributed by atoms with Crippen molar-refractivity contribution in [3.8, 4) is 5.69 Å². The molecule has 2 unspecified atom stereocenters. The zero-order valence-corrected chi connectivity index (χ0v) is 20.1. The maximum absolute atomic E-state index is 13.4. The van der Waals surface area contributed by atoms with E-state index in [0.717, 1.165) is 10.6 Å². The molecular formula is C23H22ClF3N4O2S. The van der Waals surface area contributed by atoms with Gasteiger partial charge in [0.25, 0.3) is 11.5 Å². The molecule has 4 heterocycles. The molecule has 0 bridgehead atoms. The molecule has 1 aliphatic heterocycles. The summed E-state index contributed by atoms with van der Waals surface area (Å²) in [6.07, 6.45) is -0.695. The van der Waals surface area contributed by atoms with Crippen molar-refractivity contribution in [3.05, 3.63) is 66.7 Å². The van der Waals surface area contributed by atoms with E-state index in [2.05, 4.69) is 4.98 Å². The molecule has 1 amide bonds. The first-order valence-corrected chi connectivity index (χ1v) is 12.2. The Labute approximate surface area is 202 Å². The Morgan fingerprint density at radius 3 is 2.71 bits per heavy atom. The fourth-order valence-corrected chi connectivity index (χ4v) is 6.37. The Balaban J connectivity index is 1.46. The normalized spacial score (nSPS) is 20.4. The molecule has 180 valence electrons. The summed E-state index contributed by atoms with van der Waals surface area (Å²) in [5.41, 5.74) is 2.33. The average molecular weight is 511 g/mol. The van der Waals surface area contributed by atoms with Crippen molar-refractivity contribution < 1.29 is 18.0 Å². The van der Waals surface area contributed by atoms with Crippen LogP contribution in [-0.4, -0.2) is 37.1 Å². The quantitative estimate of drug-likeness (QED) is 0.510. The van der Waals surface area contributed by atoms with Crippen LogP contribution in [0.1, 0.15) is 45.5 Å². The number of halogens is 4. The average Bonchev–Trinajstić information content (AvgIpc) is 3.33. The summed E-state index contributed by atoms with van der Waals surface area (Å²) in [6.45, 7) is 4.04. The lowest BCUT2D eigenvalue weighted by Crippen LogP contribution is -2.49. The van der Waals surface area contributed by atoms with Gasteiger partial charge in [0.05, 0.1) is 22.3 Å². The number of aromatic nitrogens is 3. The van der Waals surface area contributed by atoms with Gasteiger partial charge >= 0.3 is 6.18 Å². The number of carbonyl (C=O) groups is 1. The summed E-state index contributed by atoms with van der Waals surface area (Å²) < 4.78 is 43.7. The first kappa shape index (κ1) is 23.2. The number of hydrogen-bond donors (Lipinski definition) is 0. The molecule has 34 heavy (non-hydrogen) atoms. The molecule has 6 nitrogen and oxygen atoms in total. The number of thiophene rings is 1. The van der Waals surface area contributed by atoms with Crippen LogP contribution in [0.5, 0.6) is 0 Å². The minimum Gasteiger partial charge on any atom is -0.328 e. The topological polar surface area (TPSA) is 60.1 Å². The zero-order valence-electron chi connectivity index (χ0n) is 18.5. The van der Waals surface area contributed by atoms with Gasteiger partial charge < -0.3 is 14.0 Å². The third kappa shape index (κ3) is 3.86. The fraction of sp³-hybridized carbons (Fsp3) is 0.435. The Bertz CT molecular complexity index is 1340. The monoisotopic (exact) mass is 510 g/mol. The maximum atomic E-state index is 13.4. The number of hydrogen-bond acceptors (Lipinski definition) is 4. The van der Waals surface area contributed by atoms with E-state index in [1.807, 2.05) is 13.8 Å². The van der Waals surface area contributed by atoms with Crippen LogP contribution in [0.4, 0.5) is 13.2 Å². The SMILES string of the molecule is Cc1cn(-c2ccc3n(c2=O)CC(C)N(Cc2c(Cl)sc4c2CC(C(F)(F)F)CC4)C3=O)cn1. The van der Waals surface area contributed by atoms with Gasteiger partial charge in [-0.15, -0.1) is 11.3 Å². The van der Waals surface area contributed by atoms with Crippen molar-refractivity contribution in [1.29, 1.82) is 0 Å². The molecule has 0 spiro atoms. The number of alkyl halides is 3. The van der Waals surface area contributed by atoms with Crippen LogP contribution in [-0.2, 0) is 25.9 Å². The lowest BCUT2D eigenvalue weighted by molar-refractivity contribution is -0.177. The largest absolute Gasteiger partial charge is 0.392 e. The number of carbonyl (C=O) groups excluding carboxylic acids is 1. The van der Waals surface area contributed by atoms with Gasteiger partial charge in [0, 0.05) is 35.8 Å². The summed E-state index contributed by atoms with van der Waals surface area (Å²) >= 11 is 7.77. The van der Waals surface area contributed by atoms with Crippen molar-refractivity contribution >= 4 is 28.8 Å². The summed E-state index contributed by atoms with van der Waals surface area (Å²) in [5.74, 6) is -1.74. The highest BCUT2D eigenvalue weighted by atomic mass is 35.5. The second-order valence-electron chi connectivity index (χ2n) is 8.96. The Hall–Kier alpha value is -2.59. The predicted molar refractivity (Wildman–Crippen MR) is 123 cm³/mol. The number of rotatable bonds is 3. The third-order valence-electron chi connectivity index (χ3n) is 6.72. The minimum atomic E-state index is -4.26. The minimum absolute atomic E-state index is 0.0564. The van der Waals surface area contributed by atoms with E-state index in [4.69, 9.17) is 11.6 Å². The molecule has 0 fully saturated rings. The summed E-state index contributed by atoms with van der Waals surface area (Å²) in [4.78, 5) is 33.1. The van der Waals surface area contributed by atoms with Crippen molar-refractivity contribution in [2.75, 3.05) is 0 Å². The van der Waals surface area contributed by atoms with Gasteiger partial charge in [0.15, 0.2) is 0 Å². The molecule has 0 aromatic carbocycles. The third-order valence-corrected chi connectivity index (χ3v) is 8.30. The molecule has 2 atom stereocenters. The number of amides is 1. The van der Waals surface area contributed by atoms with Gasteiger partial charge in [-0.3, -0.25) is 9.59 Å². The molecule has 1 aliphatic carbocycles. The highest BCUT2D eigenvalue weighted by molar-refractivity contribution is 7.16. The van der Waals surface area contributed by atoms with Gasteiger partial charge in [0.1, 0.15) is 11.4 Å².